The molecule has 0 spiro atoms. The van der Waals surface area contributed by atoms with Crippen molar-refractivity contribution in [2.45, 2.75) is 13.5 Å². The highest BCUT2D eigenvalue weighted by molar-refractivity contribution is 6.06. The number of carbonyl (C=O) groups is 1. The molecule has 2 heterocycles. The minimum Gasteiger partial charge on any atom is -0.332 e. The lowest BCUT2D eigenvalue weighted by Crippen LogP contribution is -2.24. The van der Waals surface area contributed by atoms with Gasteiger partial charge in [0.15, 0.2) is 0 Å². The van der Waals surface area contributed by atoms with Gasteiger partial charge in [-0.2, -0.15) is 0 Å². The topological polar surface area (TPSA) is 61.0 Å². The summed E-state index contributed by atoms with van der Waals surface area (Å²) in [5.41, 5.74) is 2.84. The molecule has 34 heavy (non-hydrogen) atoms. The van der Waals surface area contributed by atoms with Gasteiger partial charge < -0.3 is 9.88 Å². The van der Waals surface area contributed by atoms with E-state index in [1.54, 1.807) is 47.5 Å². The number of para-hydroxylation sites is 2. The van der Waals surface area contributed by atoms with Gasteiger partial charge in [0.1, 0.15) is 17.2 Å². The van der Waals surface area contributed by atoms with E-state index in [0.29, 0.717) is 22.6 Å². The first-order valence-electron chi connectivity index (χ1n) is 10.9. The molecule has 0 aliphatic heterocycles. The van der Waals surface area contributed by atoms with Gasteiger partial charge in [0.05, 0.1) is 17.9 Å². The average molecular weight is 455 g/mol. The summed E-state index contributed by atoms with van der Waals surface area (Å²) in [5.74, 6) is -0.769. The van der Waals surface area contributed by atoms with Gasteiger partial charge in [0.2, 0.25) is 0 Å². The van der Waals surface area contributed by atoms with Crippen molar-refractivity contribution < 1.29 is 9.18 Å². The van der Waals surface area contributed by atoms with Crippen molar-refractivity contribution in [2.75, 3.05) is 5.32 Å². The van der Waals surface area contributed by atoms with Crippen molar-refractivity contribution in [1.82, 2.24) is 13.9 Å². The van der Waals surface area contributed by atoms with Crippen LogP contribution in [0.2, 0.25) is 0 Å². The molecule has 0 atom stereocenters. The maximum absolute atomic E-state index is 14.4. The first-order valence-corrected chi connectivity index (χ1v) is 10.9. The molecule has 0 fully saturated rings. The molecule has 0 unspecified atom stereocenters. The normalized spacial score (nSPS) is 11.1. The minimum absolute atomic E-state index is 0.185. The monoisotopic (exact) mass is 454 g/mol. The van der Waals surface area contributed by atoms with Crippen molar-refractivity contribution >= 4 is 22.5 Å². The third kappa shape index (κ3) is 3.61. The van der Waals surface area contributed by atoms with Crippen LogP contribution in [0, 0.1) is 12.7 Å². The molecule has 0 aliphatic rings. The third-order valence-corrected chi connectivity index (χ3v) is 6.12. The summed E-state index contributed by atoms with van der Waals surface area (Å²) in [7, 11) is 1.77. The Balaban J connectivity index is 1.57. The van der Waals surface area contributed by atoms with Gasteiger partial charge in [-0.15, -0.1) is 0 Å². The lowest BCUT2D eigenvalue weighted by Gasteiger charge is -2.12. The van der Waals surface area contributed by atoms with Crippen molar-refractivity contribution in [1.29, 1.82) is 0 Å². The zero-order valence-electron chi connectivity index (χ0n) is 18.8. The Morgan fingerprint density at radius 1 is 0.941 bits per heavy atom. The zero-order valence-corrected chi connectivity index (χ0v) is 18.8. The predicted molar refractivity (Wildman–Crippen MR) is 131 cm³/mol. The minimum atomic E-state index is -0.432. The summed E-state index contributed by atoms with van der Waals surface area (Å²) < 4.78 is 19.4. The molecule has 0 bridgehead atoms. The summed E-state index contributed by atoms with van der Waals surface area (Å²) in [5, 5.41) is 3.68. The Hall–Kier alpha value is -4.39. The fraction of sp³-hybridized carbons (Fsp3) is 0.111. The van der Waals surface area contributed by atoms with Crippen LogP contribution in [-0.4, -0.2) is 19.8 Å². The molecule has 2 aromatic heterocycles. The molecular formula is C27H23FN4O2. The number of amides is 1. The van der Waals surface area contributed by atoms with Crippen LogP contribution in [0.1, 0.15) is 21.7 Å². The zero-order chi connectivity index (χ0) is 23.8. The molecule has 6 nitrogen and oxygen atoms in total. The SMILES string of the molecule is Cc1c(NC(=O)c2cc3ccccc3n2Cc2ccccc2F)c(=O)n(-c2ccccc2)n1C. The van der Waals surface area contributed by atoms with E-state index in [1.807, 2.05) is 54.6 Å². The third-order valence-electron chi connectivity index (χ3n) is 6.12. The van der Waals surface area contributed by atoms with Crippen LogP contribution in [-0.2, 0) is 13.6 Å². The van der Waals surface area contributed by atoms with Gasteiger partial charge in [-0.05, 0) is 37.3 Å². The van der Waals surface area contributed by atoms with Crippen LogP contribution < -0.4 is 10.9 Å². The predicted octanol–water partition coefficient (Wildman–Crippen LogP) is 4.88. The summed E-state index contributed by atoms with van der Waals surface area (Å²) in [6.07, 6.45) is 0. The molecule has 0 saturated carbocycles. The number of nitrogens with zero attached hydrogens (tertiary/aromatic N) is 3. The highest BCUT2D eigenvalue weighted by atomic mass is 19.1. The summed E-state index contributed by atoms with van der Waals surface area (Å²) in [6, 6.07) is 25.1. The van der Waals surface area contributed by atoms with Crippen LogP contribution in [0.15, 0.2) is 89.7 Å². The number of fused-ring (bicyclic) bond motifs is 1. The van der Waals surface area contributed by atoms with Crippen LogP contribution in [0.4, 0.5) is 10.1 Å². The summed E-state index contributed by atoms with van der Waals surface area (Å²) in [4.78, 5) is 26.7. The van der Waals surface area contributed by atoms with E-state index in [4.69, 9.17) is 0 Å². The molecule has 3 aromatic carbocycles. The fourth-order valence-electron chi connectivity index (χ4n) is 4.26. The summed E-state index contributed by atoms with van der Waals surface area (Å²) in [6.45, 7) is 1.97. The average Bonchev–Trinajstić information content (AvgIpc) is 3.31. The number of nitrogens with one attached hydrogen (secondary N) is 1. The molecule has 0 radical (unpaired) electrons. The van der Waals surface area contributed by atoms with Gasteiger partial charge in [-0.3, -0.25) is 14.3 Å². The van der Waals surface area contributed by atoms with Gasteiger partial charge in [0, 0.05) is 23.5 Å². The maximum Gasteiger partial charge on any atom is 0.295 e. The number of aromatic nitrogens is 3. The molecule has 0 aliphatic carbocycles. The van der Waals surface area contributed by atoms with E-state index in [9.17, 15) is 14.0 Å². The second-order valence-corrected chi connectivity index (χ2v) is 8.16. The first kappa shape index (κ1) is 21.5. The van der Waals surface area contributed by atoms with E-state index >= 15 is 0 Å². The molecule has 1 N–H and O–H groups in total. The van der Waals surface area contributed by atoms with Gasteiger partial charge in [0.25, 0.3) is 11.5 Å². The Kier molecular flexibility index (Phi) is 5.37. The van der Waals surface area contributed by atoms with Gasteiger partial charge >= 0.3 is 0 Å². The van der Waals surface area contributed by atoms with Crippen LogP contribution in [0.5, 0.6) is 0 Å². The van der Waals surface area contributed by atoms with Crippen LogP contribution >= 0.6 is 0 Å². The highest BCUT2D eigenvalue weighted by Crippen LogP contribution is 2.24. The maximum atomic E-state index is 14.4. The number of carbonyl (C=O) groups excluding carboxylic acids is 1. The molecule has 5 aromatic rings. The Bertz CT molecular complexity index is 1580. The summed E-state index contributed by atoms with van der Waals surface area (Å²) >= 11 is 0. The number of benzene rings is 3. The first-order chi connectivity index (χ1) is 16.5. The Morgan fingerprint density at radius 3 is 2.38 bits per heavy atom. The van der Waals surface area contributed by atoms with E-state index in [-0.39, 0.29) is 23.6 Å². The van der Waals surface area contributed by atoms with Crippen LogP contribution in [0.25, 0.3) is 16.6 Å². The smallest absolute Gasteiger partial charge is 0.295 e. The molecule has 0 saturated heterocycles. The van der Waals surface area contributed by atoms with Crippen molar-refractivity contribution in [3.63, 3.8) is 0 Å². The van der Waals surface area contributed by atoms with Crippen molar-refractivity contribution in [3.05, 3.63) is 118 Å². The number of hydrogen-bond donors (Lipinski definition) is 1. The molecule has 5 rings (SSSR count). The second kappa shape index (κ2) is 8.51. The van der Waals surface area contributed by atoms with E-state index in [2.05, 4.69) is 5.32 Å². The number of rotatable bonds is 5. The lowest BCUT2D eigenvalue weighted by molar-refractivity contribution is 0.101. The van der Waals surface area contributed by atoms with E-state index in [0.717, 1.165) is 10.9 Å². The second-order valence-electron chi connectivity index (χ2n) is 8.16. The highest BCUT2D eigenvalue weighted by Gasteiger charge is 2.22. The molecule has 1 amide bonds. The number of halogens is 1. The molecule has 170 valence electrons. The quantitative estimate of drug-likeness (QED) is 0.412. The number of hydrogen-bond acceptors (Lipinski definition) is 2. The van der Waals surface area contributed by atoms with Gasteiger partial charge in [-0.25, -0.2) is 9.07 Å². The lowest BCUT2D eigenvalue weighted by atomic mass is 10.2. The standard InChI is InChI=1S/C27H23FN4O2/c1-18-25(27(34)32(30(18)2)21-12-4-3-5-13-21)29-26(33)24-16-19-10-7-9-15-23(19)31(24)17-20-11-6-8-14-22(20)28/h3-16H,17H2,1-2H3,(H,29,33). The largest absolute Gasteiger partial charge is 0.332 e. The Labute approximate surface area is 195 Å². The Morgan fingerprint density at radius 2 is 1.62 bits per heavy atom. The number of anilines is 1. The van der Waals surface area contributed by atoms with Crippen molar-refractivity contribution in [2.24, 2.45) is 7.05 Å². The van der Waals surface area contributed by atoms with Gasteiger partial charge in [-0.1, -0.05) is 54.6 Å². The molecular weight excluding hydrogens is 431 g/mol. The molecule has 7 heteroatoms. The van der Waals surface area contributed by atoms with Crippen LogP contribution in [0.3, 0.4) is 0 Å². The van der Waals surface area contributed by atoms with E-state index in [1.165, 1.54) is 10.7 Å². The van der Waals surface area contributed by atoms with Crippen molar-refractivity contribution in [3.8, 4) is 5.69 Å². The fourth-order valence-corrected chi connectivity index (χ4v) is 4.26. The van der Waals surface area contributed by atoms with E-state index < -0.39 is 5.91 Å².